The molecule has 1 fully saturated rings. The summed E-state index contributed by atoms with van der Waals surface area (Å²) in [5.74, 6) is 0.908. The Balaban J connectivity index is 0.00000361. The zero-order chi connectivity index (χ0) is 14.7. The molecule has 0 unspecified atom stereocenters. The Morgan fingerprint density at radius 1 is 1.50 bits per heavy atom. The van der Waals surface area contributed by atoms with Gasteiger partial charge in [0.1, 0.15) is 0 Å². The van der Waals surface area contributed by atoms with Gasteiger partial charge < -0.3 is 10.2 Å². The van der Waals surface area contributed by atoms with E-state index in [0.29, 0.717) is 19.6 Å². The van der Waals surface area contributed by atoms with Crippen LogP contribution in [0.1, 0.15) is 20.8 Å². The third-order valence-electron chi connectivity index (χ3n) is 3.08. The van der Waals surface area contributed by atoms with Crippen molar-refractivity contribution in [1.29, 1.82) is 0 Å². The normalized spacial score (nSPS) is 21.0. The molecule has 0 amide bonds. The summed E-state index contributed by atoms with van der Waals surface area (Å²) in [5.41, 5.74) is 0. The van der Waals surface area contributed by atoms with Gasteiger partial charge in [-0.05, 0) is 20.8 Å². The number of halogens is 2. The van der Waals surface area contributed by atoms with Crippen molar-refractivity contribution in [2.45, 2.75) is 25.5 Å². The predicted octanol–water partition coefficient (Wildman–Crippen LogP) is 1.99. The first-order valence-electron chi connectivity index (χ1n) is 6.28. The van der Waals surface area contributed by atoms with E-state index < -0.39 is 14.6 Å². The van der Waals surface area contributed by atoms with E-state index in [9.17, 15) is 8.42 Å². The zero-order valence-electron chi connectivity index (χ0n) is 12.1. The molecule has 0 spiro atoms. The van der Waals surface area contributed by atoms with E-state index in [-0.39, 0.29) is 29.7 Å². The lowest BCUT2D eigenvalue weighted by Gasteiger charge is -2.39. The van der Waals surface area contributed by atoms with E-state index in [4.69, 9.17) is 0 Å². The minimum atomic E-state index is -3.02. The van der Waals surface area contributed by atoms with Gasteiger partial charge in [0.05, 0.1) is 17.0 Å². The third-order valence-corrected chi connectivity index (χ3v) is 5.86. The van der Waals surface area contributed by atoms with Gasteiger partial charge in [-0.25, -0.2) is 13.4 Å². The molecule has 0 radical (unpaired) electrons. The lowest BCUT2D eigenvalue weighted by atomic mass is 10.2. The molecule has 5 nitrogen and oxygen atoms in total. The number of rotatable bonds is 3. The van der Waals surface area contributed by atoms with Crippen LogP contribution in [-0.4, -0.2) is 56.0 Å². The van der Waals surface area contributed by atoms with Crippen LogP contribution < -0.4 is 5.32 Å². The Hall–Kier alpha value is 0.170. The predicted molar refractivity (Wildman–Crippen MR) is 98.9 cm³/mol. The van der Waals surface area contributed by atoms with Crippen LogP contribution in [0.5, 0.6) is 0 Å². The lowest BCUT2D eigenvalue weighted by molar-refractivity contribution is 0.354. The highest BCUT2D eigenvalue weighted by atomic mass is 127. The number of sulfone groups is 1. The SMILES string of the molecule is C=C(Br)CN=C(NCC)N1CCS(=O)(=O)C(C)(C)C1.I. The lowest BCUT2D eigenvalue weighted by Crippen LogP contribution is -2.57. The highest BCUT2D eigenvalue weighted by Gasteiger charge is 2.40. The van der Waals surface area contributed by atoms with Crippen LogP contribution in [-0.2, 0) is 9.84 Å². The number of nitrogens with zero attached hydrogens (tertiary/aromatic N) is 2. The van der Waals surface area contributed by atoms with Gasteiger partial charge in [-0.3, -0.25) is 0 Å². The molecular weight excluding hydrogens is 457 g/mol. The van der Waals surface area contributed by atoms with Gasteiger partial charge in [0.25, 0.3) is 0 Å². The average Bonchev–Trinajstić information content (AvgIpc) is 2.28. The molecule has 0 atom stereocenters. The van der Waals surface area contributed by atoms with Crippen LogP contribution in [0.25, 0.3) is 0 Å². The van der Waals surface area contributed by atoms with Crippen molar-refractivity contribution < 1.29 is 8.42 Å². The minimum absolute atomic E-state index is 0. The molecule has 8 heteroatoms. The molecule has 1 aliphatic heterocycles. The number of guanidine groups is 1. The first kappa shape index (κ1) is 20.2. The molecule has 0 aromatic heterocycles. The summed E-state index contributed by atoms with van der Waals surface area (Å²) >= 11 is 3.27. The summed E-state index contributed by atoms with van der Waals surface area (Å²) in [5, 5.41) is 3.19. The van der Waals surface area contributed by atoms with Crippen LogP contribution in [0.15, 0.2) is 16.1 Å². The smallest absolute Gasteiger partial charge is 0.194 e. The fourth-order valence-corrected chi connectivity index (χ4v) is 3.40. The van der Waals surface area contributed by atoms with Crippen molar-refractivity contribution in [3.8, 4) is 0 Å². The molecule has 1 heterocycles. The van der Waals surface area contributed by atoms with Crippen molar-refractivity contribution in [1.82, 2.24) is 10.2 Å². The van der Waals surface area contributed by atoms with E-state index in [2.05, 4.69) is 32.8 Å². The molecule has 1 aliphatic rings. The van der Waals surface area contributed by atoms with Crippen molar-refractivity contribution in [2.75, 3.05) is 31.9 Å². The van der Waals surface area contributed by atoms with E-state index in [1.54, 1.807) is 13.8 Å². The second kappa shape index (κ2) is 7.98. The minimum Gasteiger partial charge on any atom is -0.357 e. The molecule has 0 aromatic rings. The number of hydrogen-bond donors (Lipinski definition) is 1. The highest BCUT2D eigenvalue weighted by molar-refractivity contribution is 14.0. The second-order valence-electron chi connectivity index (χ2n) is 5.19. The standard InChI is InChI=1S/C12H22BrN3O2S.HI/c1-5-14-11(15-8-10(2)13)16-6-7-19(17,18)12(3,4)9-16;/h2,5-9H2,1,3-4H3,(H,14,15);1H. The van der Waals surface area contributed by atoms with Crippen LogP contribution in [0, 0.1) is 0 Å². The molecule has 0 bridgehead atoms. The monoisotopic (exact) mass is 479 g/mol. The van der Waals surface area contributed by atoms with Gasteiger partial charge >= 0.3 is 0 Å². The Bertz CT molecular complexity index is 477. The molecule has 0 saturated carbocycles. The topological polar surface area (TPSA) is 61.8 Å². The molecule has 0 aromatic carbocycles. The summed E-state index contributed by atoms with van der Waals surface area (Å²) < 4.78 is 24.0. The van der Waals surface area contributed by atoms with Crippen molar-refractivity contribution in [3.63, 3.8) is 0 Å². The van der Waals surface area contributed by atoms with Crippen molar-refractivity contribution >= 4 is 55.7 Å². The average molecular weight is 480 g/mol. The van der Waals surface area contributed by atoms with Crippen LogP contribution in [0.2, 0.25) is 0 Å². The van der Waals surface area contributed by atoms with Crippen molar-refractivity contribution in [3.05, 3.63) is 11.1 Å². The number of aliphatic imine (C=N–C) groups is 1. The third kappa shape index (κ3) is 5.18. The zero-order valence-corrected chi connectivity index (χ0v) is 16.9. The maximum absolute atomic E-state index is 12.0. The molecule has 118 valence electrons. The van der Waals surface area contributed by atoms with Gasteiger partial charge in [-0.1, -0.05) is 22.5 Å². The molecule has 1 rings (SSSR count). The Morgan fingerprint density at radius 3 is 2.55 bits per heavy atom. The summed E-state index contributed by atoms with van der Waals surface area (Å²) in [4.78, 5) is 6.44. The van der Waals surface area contributed by atoms with Crippen molar-refractivity contribution in [2.24, 2.45) is 4.99 Å². The highest BCUT2D eigenvalue weighted by Crippen LogP contribution is 2.23. The maximum Gasteiger partial charge on any atom is 0.194 e. The van der Waals surface area contributed by atoms with E-state index in [1.165, 1.54) is 0 Å². The molecular formula is C12H23BrIN3O2S. The van der Waals surface area contributed by atoms with E-state index >= 15 is 0 Å². The summed E-state index contributed by atoms with van der Waals surface area (Å²) in [6, 6.07) is 0. The van der Waals surface area contributed by atoms with E-state index in [0.717, 1.165) is 17.0 Å². The number of hydrogen-bond acceptors (Lipinski definition) is 3. The summed E-state index contributed by atoms with van der Waals surface area (Å²) in [7, 11) is -3.02. The molecule has 1 saturated heterocycles. The van der Waals surface area contributed by atoms with Gasteiger partial charge in [0.15, 0.2) is 15.8 Å². The fraction of sp³-hybridized carbons (Fsp3) is 0.750. The molecule has 0 aliphatic carbocycles. The largest absolute Gasteiger partial charge is 0.357 e. The fourth-order valence-electron chi connectivity index (χ4n) is 1.91. The summed E-state index contributed by atoms with van der Waals surface area (Å²) in [6.45, 7) is 11.4. The van der Waals surface area contributed by atoms with Gasteiger partial charge in [0, 0.05) is 24.1 Å². The maximum atomic E-state index is 12.0. The number of nitrogens with one attached hydrogen (secondary N) is 1. The Labute approximate surface area is 147 Å². The molecule has 20 heavy (non-hydrogen) atoms. The van der Waals surface area contributed by atoms with Crippen LogP contribution >= 0.6 is 39.9 Å². The van der Waals surface area contributed by atoms with E-state index in [1.807, 2.05) is 11.8 Å². The molecule has 1 N–H and O–H groups in total. The quantitative estimate of drug-likeness (QED) is 0.382. The second-order valence-corrected chi connectivity index (χ2v) is 9.05. The summed E-state index contributed by atoms with van der Waals surface area (Å²) in [6.07, 6.45) is 0. The first-order valence-corrected chi connectivity index (χ1v) is 8.73. The van der Waals surface area contributed by atoms with Crippen LogP contribution in [0.3, 0.4) is 0 Å². The van der Waals surface area contributed by atoms with Gasteiger partial charge in [-0.2, -0.15) is 0 Å². The van der Waals surface area contributed by atoms with Gasteiger partial charge in [0.2, 0.25) is 0 Å². The first-order chi connectivity index (χ1) is 8.69. The van der Waals surface area contributed by atoms with Gasteiger partial charge in [-0.15, -0.1) is 24.0 Å². The Morgan fingerprint density at radius 2 is 2.10 bits per heavy atom. The Kier molecular flexibility index (Phi) is 8.04. The van der Waals surface area contributed by atoms with Crippen LogP contribution in [0.4, 0.5) is 0 Å².